The van der Waals surface area contributed by atoms with Crippen LogP contribution in [0.25, 0.3) is 22.5 Å². The SMILES string of the molecule is O=c1[nH]c2cc(Cc3nc(-c4ccccc4F)no3)ccc2o1. The summed E-state index contributed by atoms with van der Waals surface area (Å²) in [5, 5.41) is 3.81. The predicted molar refractivity (Wildman–Crippen MR) is 79.3 cm³/mol. The van der Waals surface area contributed by atoms with Gasteiger partial charge in [-0.25, -0.2) is 9.18 Å². The summed E-state index contributed by atoms with van der Waals surface area (Å²) in [6.45, 7) is 0. The van der Waals surface area contributed by atoms with Crippen LogP contribution in [0, 0.1) is 5.82 Å². The summed E-state index contributed by atoms with van der Waals surface area (Å²) in [4.78, 5) is 17.9. The lowest BCUT2D eigenvalue weighted by Crippen LogP contribution is -1.93. The van der Waals surface area contributed by atoms with Crippen LogP contribution >= 0.6 is 0 Å². The van der Waals surface area contributed by atoms with E-state index in [1.165, 1.54) is 6.07 Å². The highest BCUT2D eigenvalue weighted by molar-refractivity contribution is 5.72. The summed E-state index contributed by atoms with van der Waals surface area (Å²) in [5.74, 6) is -0.349. The second-order valence-electron chi connectivity index (χ2n) is 5.01. The molecule has 4 rings (SSSR count). The minimum atomic E-state index is -0.503. The van der Waals surface area contributed by atoms with Crippen molar-refractivity contribution in [3.8, 4) is 11.4 Å². The summed E-state index contributed by atoms with van der Waals surface area (Å²) in [7, 11) is 0. The maximum atomic E-state index is 13.7. The number of fused-ring (bicyclic) bond motifs is 1. The highest BCUT2D eigenvalue weighted by atomic mass is 19.1. The standard InChI is InChI=1S/C16H10FN3O3/c17-11-4-2-1-3-10(11)15-19-14(23-20-15)8-9-5-6-13-12(7-9)18-16(21)22-13/h1-7H,8H2,(H,18,21). The van der Waals surface area contributed by atoms with Crippen LogP contribution in [0.3, 0.4) is 0 Å². The van der Waals surface area contributed by atoms with Crippen LogP contribution in [0.5, 0.6) is 0 Å². The molecule has 0 bridgehead atoms. The van der Waals surface area contributed by atoms with E-state index in [0.29, 0.717) is 23.4 Å². The van der Waals surface area contributed by atoms with Crippen molar-refractivity contribution in [2.75, 3.05) is 0 Å². The van der Waals surface area contributed by atoms with E-state index >= 15 is 0 Å². The van der Waals surface area contributed by atoms with Crippen LogP contribution in [0.4, 0.5) is 4.39 Å². The average Bonchev–Trinajstić information content (AvgIpc) is 3.13. The molecule has 2 aromatic heterocycles. The van der Waals surface area contributed by atoms with Crippen molar-refractivity contribution in [3.05, 3.63) is 70.3 Å². The Morgan fingerprint density at radius 2 is 2.04 bits per heavy atom. The molecule has 2 aromatic carbocycles. The third-order valence-electron chi connectivity index (χ3n) is 3.42. The molecule has 0 amide bonds. The second kappa shape index (κ2) is 5.20. The summed E-state index contributed by atoms with van der Waals surface area (Å²) in [6.07, 6.45) is 0.366. The monoisotopic (exact) mass is 311 g/mol. The van der Waals surface area contributed by atoms with E-state index in [9.17, 15) is 9.18 Å². The number of nitrogens with one attached hydrogen (secondary N) is 1. The van der Waals surface area contributed by atoms with Crippen LogP contribution in [-0.4, -0.2) is 15.1 Å². The second-order valence-corrected chi connectivity index (χ2v) is 5.01. The van der Waals surface area contributed by atoms with Crippen LogP contribution in [0.2, 0.25) is 0 Å². The van der Waals surface area contributed by atoms with Crippen LogP contribution in [0.15, 0.2) is 56.2 Å². The van der Waals surface area contributed by atoms with Gasteiger partial charge in [-0.05, 0) is 29.8 Å². The molecule has 0 spiro atoms. The third kappa shape index (κ3) is 2.52. The Balaban J connectivity index is 1.64. The molecule has 0 fully saturated rings. The van der Waals surface area contributed by atoms with Gasteiger partial charge in [0.1, 0.15) is 5.82 Å². The van der Waals surface area contributed by atoms with Gasteiger partial charge in [0.05, 0.1) is 17.5 Å². The number of aromatic nitrogens is 3. The highest BCUT2D eigenvalue weighted by Crippen LogP contribution is 2.21. The van der Waals surface area contributed by atoms with Gasteiger partial charge in [-0.2, -0.15) is 4.98 Å². The van der Waals surface area contributed by atoms with Gasteiger partial charge in [-0.15, -0.1) is 0 Å². The maximum Gasteiger partial charge on any atom is 0.417 e. The van der Waals surface area contributed by atoms with E-state index in [4.69, 9.17) is 8.94 Å². The number of nitrogens with zero attached hydrogens (tertiary/aromatic N) is 2. The number of aromatic amines is 1. The van der Waals surface area contributed by atoms with E-state index < -0.39 is 11.6 Å². The quantitative estimate of drug-likeness (QED) is 0.629. The van der Waals surface area contributed by atoms with Crippen molar-refractivity contribution in [1.29, 1.82) is 0 Å². The molecule has 0 saturated carbocycles. The summed E-state index contributed by atoms with van der Waals surface area (Å²) >= 11 is 0. The Bertz CT molecular complexity index is 1050. The first-order valence-electron chi connectivity index (χ1n) is 6.88. The Labute approximate surface area is 128 Å². The van der Waals surface area contributed by atoms with E-state index in [2.05, 4.69) is 15.1 Å². The van der Waals surface area contributed by atoms with Gasteiger partial charge >= 0.3 is 5.76 Å². The Morgan fingerprint density at radius 3 is 2.91 bits per heavy atom. The molecule has 0 aliphatic heterocycles. The van der Waals surface area contributed by atoms with Gasteiger partial charge in [-0.1, -0.05) is 23.4 Å². The van der Waals surface area contributed by atoms with Crippen molar-refractivity contribution in [2.24, 2.45) is 0 Å². The minimum Gasteiger partial charge on any atom is -0.408 e. The zero-order chi connectivity index (χ0) is 15.8. The lowest BCUT2D eigenvalue weighted by molar-refractivity contribution is 0.385. The van der Waals surface area contributed by atoms with Gasteiger partial charge in [0.15, 0.2) is 5.58 Å². The molecular weight excluding hydrogens is 301 g/mol. The van der Waals surface area contributed by atoms with Crippen molar-refractivity contribution in [2.45, 2.75) is 6.42 Å². The number of hydrogen-bond acceptors (Lipinski definition) is 5. The maximum absolute atomic E-state index is 13.7. The number of oxazole rings is 1. The van der Waals surface area contributed by atoms with Gasteiger partial charge in [0.25, 0.3) is 0 Å². The molecule has 0 saturated heterocycles. The number of halogens is 1. The van der Waals surface area contributed by atoms with Crippen molar-refractivity contribution >= 4 is 11.1 Å². The molecule has 0 aliphatic rings. The number of H-pyrrole nitrogens is 1. The molecular formula is C16H10FN3O3. The van der Waals surface area contributed by atoms with Gasteiger partial charge < -0.3 is 8.94 Å². The van der Waals surface area contributed by atoms with Crippen LogP contribution in [0.1, 0.15) is 11.5 Å². The first-order valence-corrected chi connectivity index (χ1v) is 6.88. The smallest absolute Gasteiger partial charge is 0.408 e. The fraction of sp³-hybridized carbons (Fsp3) is 0.0625. The van der Waals surface area contributed by atoms with Gasteiger partial charge in [0, 0.05) is 0 Å². The summed E-state index contributed by atoms with van der Waals surface area (Å²) in [6, 6.07) is 11.5. The molecule has 7 heteroatoms. The normalized spacial score (nSPS) is 11.2. The van der Waals surface area contributed by atoms with Gasteiger partial charge in [-0.3, -0.25) is 4.98 Å². The van der Waals surface area contributed by atoms with Gasteiger partial charge in [0.2, 0.25) is 11.7 Å². The van der Waals surface area contributed by atoms with E-state index in [1.807, 2.05) is 0 Å². The third-order valence-corrected chi connectivity index (χ3v) is 3.42. The molecule has 23 heavy (non-hydrogen) atoms. The molecule has 0 atom stereocenters. The molecule has 1 N–H and O–H groups in total. The topological polar surface area (TPSA) is 84.9 Å². The number of benzene rings is 2. The molecule has 0 aliphatic carbocycles. The fourth-order valence-electron chi connectivity index (χ4n) is 2.36. The molecule has 6 nitrogen and oxygen atoms in total. The molecule has 2 heterocycles. The van der Waals surface area contributed by atoms with Crippen molar-refractivity contribution in [3.63, 3.8) is 0 Å². The predicted octanol–water partition coefficient (Wildman–Crippen LogP) is 2.90. The van der Waals surface area contributed by atoms with Crippen molar-refractivity contribution < 1.29 is 13.3 Å². The van der Waals surface area contributed by atoms with E-state index in [1.54, 1.807) is 36.4 Å². The fourth-order valence-corrected chi connectivity index (χ4v) is 2.36. The Kier molecular flexibility index (Phi) is 3.04. The summed E-state index contributed by atoms with van der Waals surface area (Å²) < 4.78 is 23.8. The molecule has 0 unspecified atom stereocenters. The Hall–Kier alpha value is -3.22. The molecule has 0 radical (unpaired) electrons. The lowest BCUT2D eigenvalue weighted by atomic mass is 10.1. The minimum absolute atomic E-state index is 0.205. The highest BCUT2D eigenvalue weighted by Gasteiger charge is 2.13. The van der Waals surface area contributed by atoms with E-state index in [0.717, 1.165) is 5.56 Å². The summed E-state index contributed by atoms with van der Waals surface area (Å²) in [5.41, 5.74) is 2.23. The zero-order valence-electron chi connectivity index (χ0n) is 11.7. The zero-order valence-corrected chi connectivity index (χ0v) is 11.7. The number of rotatable bonds is 3. The van der Waals surface area contributed by atoms with Crippen LogP contribution < -0.4 is 5.76 Å². The number of hydrogen-bond donors (Lipinski definition) is 1. The van der Waals surface area contributed by atoms with Crippen molar-refractivity contribution in [1.82, 2.24) is 15.1 Å². The average molecular weight is 311 g/mol. The molecule has 114 valence electrons. The van der Waals surface area contributed by atoms with E-state index in [-0.39, 0.29) is 11.4 Å². The van der Waals surface area contributed by atoms with Crippen LogP contribution in [-0.2, 0) is 6.42 Å². The largest absolute Gasteiger partial charge is 0.417 e. The lowest BCUT2D eigenvalue weighted by Gasteiger charge is -1.96. The molecule has 4 aromatic rings. The Morgan fingerprint density at radius 1 is 1.17 bits per heavy atom. The first-order chi connectivity index (χ1) is 11.2. The first kappa shape index (κ1) is 13.4.